The Bertz CT molecular complexity index is 674. The van der Waals surface area contributed by atoms with Crippen molar-refractivity contribution in [2.45, 2.75) is 19.8 Å². The second-order valence-corrected chi connectivity index (χ2v) is 4.30. The molecule has 0 fully saturated rings. The van der Waals surface area contributed by atoms with E-state index in [-0.39, 0.29) is 0 Å². The Morgan fingerprint density at radius 3 is 2.41 bits per heavy atom. The van der Waals surface area contributed by atoms with Gasteiger partial charge in [0.15, 0.2) is 0 Å². The van der Waals surface area contributed by atoms with Crippen LogP contribution in [0.4, 0.5) is 0 Å². The number of hydrogen-bond donors (Lipinski definition) is 0. The molecule has 2 heteroatoms. The summed E-state index contributed by atoms with van der Waals surface area (Å²) >= 11 is 0. The third-order valence-electron chi connectivity index (χ3n) is 2.97. The van der Waals surface area contributed by atoms with Crippen LogP contribution >= 0.6 is 0 Å². The topological polar surface area (TPSA) is 25.8 Å². The maximum atomic E-state index is 4.65. The van der Waals surface area contributed by atoms with Gasteiger partial charge in [0, 0.05) is 6.20 Å². The van der Waals surface area contributed by atoms with Crippen molar-refractivity contribution < 1.29 is 0 Å². The van der Waals surface area contributed by atoms with Gasteiger partial charge in [-0.25, -0.2) is 4.98 Å². The van der Waals surface area contributed by atoms with E-state index >= 15 is 0 Å². The SMILES string of the molecule is CCCc1cnc2cc3ccccc3cc2n1. The van der Waals surface area contributed by atoms with E-state index in [1.165, 1.54) is 10.8 Å². The number of aryl methyl sites for hydroxylation is 1. The fourth-order valence-corrected chi connectivity index (χ4v) is 2.11. The largest absolute Gasteiger partial charge is 0.253 e. The van der Waals surface area contributed by atoms with Gasteiger partial charge in [0.05, 0.1) is 16.7 Å². The summed E-state index contributed by atoms with van der Waals surface area (Å²) < 4.78 is 0. The molecular weight excluding hydrogens is 208 g/mol. The summed E-state index contributed by atoms with van der Waals surface area (Å²) in [6.45, 7) is 2.16. The van der Waals surface area contributed by atoms with Gasteiger partial charge in [0.2, 0.25) is 0 Å². The summed E-state index contributed by atoms with van der Waals surface area (Å²) in [5.74, 6) is 0. The van der Waals surface area contributed by atoms with E-state index in [0.29, 0.717) is 0 Å². The molecule has 0 spiro atoms. The first-order valence-electron chi connectivity index (χ1n) is 6.01. The molecule has 0 unspecified atom stereocenters. The fourth-order valence-electron chi connectivity index (χ4n) is 2.11. The zero-order valence-corrected chi connectivity index (χ0v) is 9.85. The van der Waals surface area contributed by atoms with Crippen LogP contribution in [-0.2, 0) is 6.42 Å². The molecule has 1 aromatic heterocycles. The molecule has 2 nitrogen and oxygen atoms in total. The van der Waals surface area contributed by atoms with E-state index in [9.17, 15) is 0 Å². The molecule has 0 atom stereocenters. The average molecular weight is 222 g/mol. The van der Waals surface area contributed by atoms with Crippen LogP contribution in [0.5, 0.6) is 0 Å². The maximum absolute atomic E-state index is 4.65. The normalized spacial score (nSPS) is 11.1. The zero-order valence-electron chi connectivity index (χ0n) is 9.85. The third-order valence-corrected chi connectivity index (χ3v) is 2.97. The Kier molecular flexibility index (Phi) is 2.48. The van der Waals surface area contributed by atoms with E-state index < -0.39 is 0 Å². The van der Waals surface area contributed by atoms with Crippen LogP contribution in [-0.4, -0.2) is 9.97 Å². The molecule has 0 aliphatic rings. The van der Waals surface area contributed by atoms with E-state index in [4.69, 9.17) is 0 Å². The van der Waals surface area contributed by atoms with Crippen LogP contribution in [0, 0.1) is 0 Å². The molecule has 0 radical (unpaired) electrons. The van der Waals surface area contributed by atoms with Crippen LogP contribution < -0.4 is 0 Å². The fraction of sp³-hybridized carbons (Fsp3) is 0.200. The summed E-state index contributed by atoms with van der Waals surface area (Å²) in [5, 5.41) is 2.44. The van der Waals surface area contributed by atoms with Crippen molar-refractivity contribution in [2.24, 2.45) is 0 Å². The lowest BCUT2D eigenvalue weighted by Crippen LogP contribution is -1.92. The minimum atomic E-state index is 0.976. The molecule has 3 aromatic rings. The number of aromatic nitrogens is 2. The predicted molar refractivity (Wildman–Crippen MR) is 71.0 cm³/mol. The Morgan fingerprint density at radius 1 is 1.00 bits per heavy atom. The van der Waals surface area contributed by atoms with E-state index in [1.807, 2.05) is 12.3 Å². The molecule has 17 heavy (non-hydrogen) atoms. The minimum absolute atomic E-state index is 0.976. The molecule has 0 saturated heterocycles. The Labute approximate surface area is 100 Å². The highest BCUT2D eigenvalue weighted by molar-refractivity contribution is 5.94. The Hall–Kier alpha value is -1.96. The molecule has 2 aromatic carbocycles. The van der Waals surface area contributed by atoms with E-state index in [0.717, 1.165) is 29.6 Å². The Morgan fingerprint density at radius 2 is 1.71 bits per heavy atom. The molecule has 84 valence electrons. The highest BCUT2D eigenvalue weighted by Gasteiger charge is 2.01. The van der Waals surface area contributed by atoms with Crippen LogP contribution in [0.25, 0.3) is 21.8 Å². The second kappa shape index (κ2) is 4.13. The lowest BCUT2D eigenvalue weighted by atomic mass is 10.1. The predicted octanol–water partition coefficient (Wildman–Crippen LogP) is 3.74. The molecule has 1 heterocycles. The van der Waals surface area contributed by atoms with E-state index in [1.54, 1.807) is 0 Å². The summed E-state index contributed by atoms with van der Waals surface area (Å²) in [4.78, 5) is 9.14. The van der Waals surface area contributed by atoms with Crippen molar-refractivity contribution in [3.05, 3.63) is 48.3 Å². The number of benzene rings is 2. The van der Waals surface area contributed by atoms with Crippen LogP contribution in [0.2, 0.25) is 0 Å². The highest BCUT2D eigenvalue weighted by Crippen LogP contribution is 2.20. The molecule has 3 rings (SSSR count). The maximum Gasteiger partial charge on any atom is 0.0896 e. The van der Waals surface area contributed by atoms with Crippen molar-refractivity contribution in [1.29, 1.82) is 0 Å². The summed E-state index contributed by atoms with van der Waals surface area (Å²) in [6.07, 6.45) is 3.99. The van der Waals surface area contributed by atoms with Gasteiger partial charge in [-0.3, -0.25) is 4.98 Å². The van der Waals surface area contributed by atoms with Gasteiger partial charge >= 0.3 is 0 Å². The number of hydrogen-bond acceptors (Lipinski definition) is 2. The number of fused-ring (bicyclic) bond motifs is 2. The van der Waals surface area contributed by atoms with Crippen LogP contribution in [0.15, 0.2) is 42.6 Å². The standard InChI is InChI=1S/C15H14N2/c1-2-5-13-10-16-14-8-11-6-3-4-7-12(11)9-15(14)17-13/h3-4,6-10H,2,5H2,1H3. The van der Waals surface area contributed by atoms with Crippen molar-refractivity contribution in [3.63, 3.8) is 0 Å². The van der Waals surface area contributed by atoms with Gasteiger partial charge < -0.3 is 0 Å². The highest BCUT2D eigenvalue weighted by atomic mass is 14.8. The van der Waals surface area contributed by atoms with Gasteiger partial charge in [-0.05, 0) is 29.3 Å². The molecule has 0 aliphatic carbocycles. The first-order chi connectivity index (χ1) is 8.36. The number of rotatable bonds is 2. The van der Waals surface area contributed by atoms with Crippen molar-refractivity contribution in [2.75, 3.05) is 0 Å². The summed E-state index contributed by atoms with van der Waals surface area (Å²) in [6, 6.07) is 12.5. The smallest absolute Gasteiger partial charge is 0.0896 e. The second-order valence-electron chi connectivity index (χ2n) is 4.30. The van der Waals surface area contributed by atoms with Crippen LogP contribution in [0.1, 0.15) is 19.0 Å². The van der Waals surface area contributed by atoms with Crippen molar-refractivity contribution in [3.8, 4) is 0 Å². The summed E-state index contributed by atoms with van der Waals surface area (Å²) in [5.41, 5.74) is 3.05. The van der Waals surface area contributed by atoms with E-state index in [2.05, 4.69) is 47.2 Å². The molecule has 0 N–H and O–H groups in total. The molecule has 0 aliphatic heterocycles. The quantitative estimate of drug-likeness (QED) is 0.617. The van der Waals surface area contributed by atoms with Gasteiger partial charge in [0.1, 0.15) is 0 Å². The third kappa shape index (κ3) is 1.86. The van der Waals surface area contributed by atoms with Gasteiger partial charge in [-0.15, -0.1) is 0 Å². The first kappa shape index (κ1) is 10.2. The van der Waals surface area contributed by atoms with Crippen molar-refractivity contribution >= 4 is 21.8 Å². The van der Waals surface area contributed by atoms with Crippen molar-refractivity contribution in [1.82, 2.24) is 9.97 Å². The molecule has 0 saturated carbocycles. The monoisotopic (exact) mass is 222 g/mol. The molecular formula is C15H14N2. The van der Waals surface area contributed by atoms with Gasteiger partial charge in [-0.2, -0.15) is 0 Å². The number of nitrogens with zero attached hydrogens (tertiary/aromatic N) is 2. The Balaban J connectivity index is 2.25. The van der Waals surface area contributed by atoms with Gasteiger partial charge in [-0.1, -0.05) is 37.6 Å². The first-order valence-corrected chi connectivity index (χ1v) is 6.01. The lowest BCUT2D eigenvalue weighted by Gasteiger charge is -2.03. The summed E-state index contributed by atoms with van der Waals surface area (Å²) in [7, 11) is 0. The average Bonchev–Trinajstić information content (AvgIpc) is 2.36. The lowest BCUT2D eigenvalue weighted by molar-refractivity contribution is 0.882. The van der Waals surface area contributed by atoms with Gasteiger partial charge in [0.25, 0.3) is 0 Å². The van der Waals surface area contributed by atoms with Crippen LogP contribution in [0.3, 0.4) is 0 Å². The molecule has 0 bridgehead atoms. The molecule has 0 amide bonds. The minimum Gasteiger partial charge on any atom is -0.253 e. The zero-order chi connectivity index (χ0) is 11.7.